The second-order valence-electron chi connectivity index (χ2n) is 6.05. The molecule has 0 heterocycles. The summed E-state index contributed by atoms with van der Waals surface area (Å²) in [5, 5.41) is 19.0. The van der Waals surface area contributed by atoms with Gasteiger partial charge in [0.2, 0.25) is 0 Å². The molecule has 136 valence electrons. The molecule has 0 amide bonds. The third kappa shape index (κ3) is 10.3. The first-order valence-electron chi connectivity index (χ1n) is 8.56. The normalized spacial score (nSPS) is 11.3. The second-order valence-corrected chi connectivity index (χ2v) is 6.05. The molecule has 0 radical (unpaired) electrons. The van der Waals surface area contributed by atoms with Crippen LogP contribution in [0.2, 0.25) is 0 Å². The van der Waals surface area contributed by atoms with Crippen LogP contribution < -0.4 is 0 Å². The van der Waals surface area contributed by atoms with Crippen LogP contribution >= 0.6 is 0 Å². The van der Waals surface area contributed by atoms with E-state index in [1.54, 1.807) is 0 Å². The molecule has 23 heavy (non-hydrogen) atoms. The molecule has 0 rings (SSSR count). The van der Waals surface area contributed by atoms with E-state index in [9.17, 15) is 19.8 Å². The molecule has 0 saturated heterocycles. The number of carbonyl (C=O) groups excluding carboxylic acids is 2. The number of hydrogen-bond donors (Lipinski definition) is 2. The lowest BCUT2D eigenvalue weighted by atomic mass is 9.92. The summed E-state index contributed by atoms with van der Waals surface area (Å²) < 4.78 is 10.2. The van der Waals surface area contributed by atoms with Gasteiger partial charge in [0.15, 0.2) is 0 Å². The Hall–Kier alpha value is -1.14. The predicted octanol–water partition coefficient (Wildman–Crippen LogP) is 2.20. The van der Waals surface area contributed by atoms with E-state index in [4.69, 9.17) is 9.47 Å². The van der Waals surface area contributed by atoms with Crippen LogP contribution in [0.25, 0.3) is 0 Å². The molecule has 0 aliphatic rings. The Kier molecular flexibility index (Phi) is 12.7. The van der Waals surface area contributed by atoms with Gasteiger partial charge in [-0.15, -0.1) is 0 Å². The summed E-state index contributed by atoms with van der Waals surface area (Å²) in [6.07, 6.45) is 6.08. The zero-order chi connectivity index (χ0) is 17.6. The van der Waals surface area contributed by atoms with E-state index in [0.717, 1.165) is 38.5 Å². The fourth-order valence-electron chi connectivity index (χ4n) is 1.92. The van der Waals surface area contributed by atoms with Crippen molar-refractivity contribution in [3.8, 4) is 0 Å². The van der Waals surface area contributed by atoms with E-state index in [2.05, 4.69) is 0 Å². The number of unbranched alkanes of at least 4 members (excludes halogenated alkanes) is 4. The highest BCUT2D eigenvalue weighted by atomic mass is 16.5. The molecule has 0 saturated carbocycles. The first kappa shape index (κ1) is 21.9. The minimum atomic E-state index is -1.14. The second kappa shape index (κ2) is 13.3. The Morgan fingerprint density at radius 3 is 1.48 bits per heavy atom. The van der Waals surface area contributed by atoms with Crippen LogP contribution in [0, 0.1) is 5.41 Å². The van der Waals surface area contributed by atoms with Crippen LogP contribution in [0.4, 0.5) is 0 Å². The molecule has 0 fully saturated rings. The average Bonchev–Trinajstić information content (AvgIpc) is 2.56. The summed E-state index contributed by atoms with van der Waals surface area (Å²) in [5.74, 6) is -0.724. The molecule has 0 unspecified atom stereocenters. The molecule has 0 spiro atoms. The van der Waals surface area contributed by atoms with Gasteiger partial charge >= 0.3 is 11.9 Å². The number of rotatable bonds is 14. The first-order chi connectivity index (χ1) is 11.0. The maximum atomic E-state index is 11.6. The standard InChI is InChI=1S/C17H32O6/c1-3-5-7-9-15(20)22-13-17(11-18,12-19)14-23-16(21)10-8-6-4-2/h18-19H,3-14H2,1-2H3. The smallest absolute Gasteiger partial charge is 0.305 e. The Morgan fingerprint density at radius 2 is 1.17 bits per heavy atom. The number of hydrogen-bond acceptors (Lipinski definition) is 6. The molecule has 0 atom stereocenters. The first-order valence-corrected chi connectivity index (χ1v) is 8.56. The molecule has 6 heteroatoms. The lowest BCUT2D eigenvalue weighted by Crippen LogP contribution is -2.41. The van der Waals surface area contributed by atoms with Crippen molar-refractivity contribution in [2.75, 3.05) is 26.4 Å². The molecule has 0 aliphatic carbocycles. The summed E-state index contributed by atoms with van der Waals surface area (Å²) in [7, 11) is 0. The SMILES string of the molecule is CCCCCC(=O)OCC(CO)(CO)COC(=O)CCCCC. The zero-order valence-corrected chi connectivity index (χ0v) is 14.5. The molecule has 6 nitrogen and oxygen atoms in total. The Morgan fingerprint density at radius 1 is 0.783 bits per heavy atom. The van der Waals surface area contributed by atoms with Crippen LogP contribution in [0.1, 0.15) is 65.2 Å². The van der Waals surface area contributed by atoms with E-state index in [1.807, 2.05) is 13.8 Å². The van der Waals surface area contributed by atoms with Gasteiger partial charge in [-0.05, 0) is 12.8 Å². The molecule has 0 bridgehead atoms. The van der Waals surface area contributed by atoms with E-state index < -0.39 is 18.6 Å². The minimum Gasteiger partial charge on any atom is -0.465 e. The maximum absolute atomic E-state index is 11.6. The van der Waals surface area contributed by atoms with Crippen LogP contribution in [0.15, 0.2) is 0 Å². The molecule has 0 aromatic heterocycles. The summed E-state index contributed by atoms with van der Waals surface area (Å²) in [6.45, 7) is 2.92. The van der Waals surface area contributed by atoms with Crippen LogP contribution in [-0.2, 0) is 19.1 Å². The maximum Gasteiger partial charge on any atom is 0.305 e. The lowest BCUT2D eigenvalue weighted by Gasteiger charge is -2.28. The van der Waals surface area contributed by atoms with Gasteiger partial charge in [0, 0.05) is 12.8 Å². The molecule has 2 N–H and O–H groups in total. The number of carbonyl (C=O) groups is 2. The Bertz CT molecular complexity index is 297. The van der Waals surface area contributed by atoms with Gasteiger partial charge in [-0.25, -0.2) is 0 Å². The van der Waals surface area contributed by atoms with Crippen LogP contribution in [-0.4, -0.2) is 48.6 Å². The van der Waals surface area contributed by atoms with Crippen molar-refractivity contribution in [2.24, 2.45) is 5.41 Å². The molecular formula is C17H32O6. The van der Waals surface area contributed by atoms with Gasteiger partial charge in [0.1, 0.15) is 13.2 Å². The average molecular weight is 332 g/mol. The lowest BCUT2D eigenvalue weighted by molar-refractivity contribution is -0.159. The summed E-state index contributed by atoms with van der Waals surface area (Å²) in [4.78, 5) is 23.2. The largest absolute Gasteiger partial charge is 0.465 e. The van der Waals surface area contributed by atoms with Crippen molar-refractivity contribution < 1.29 is 29.3 Å². The van der Waals surface area contributed by atoms with Crippen LogP contribution in [0.3, 0.4) is 0 Å². The fraction of sp³-hybridized carbons (Fsp3) is 0.882. The van der Waals surface area contributed by atoms with E-state index in [0.29, 0.717) is 12.8 Å². The summed E-state index contributed by atoms with van der Waals surface area (Å²) in [6, 6.07) is 0. The summed E-state index contributed by atoms with van der Waals surface area (Å²) >= 11 is 0. The van der Waals surface area contributed by atoms with Gasteiger partial charge in [-0.3, -0.25) is 9.59 Å². The van der Waals surface area contributed by atoms with Gasteiger partial charge in [-0.1, -0.05) is 39.5 Å². The van der Waals surface area contributed by atoms with Gasteiger partial charge in [0.25, 0.3) is 0 Å². The third-order valence-corrected chi connectivity index (χ3v) is 3.72. The molecule has 0 aliphatic heterocycles. The number of aliphatic hydroxyl groups excluding tert-OH is 2. The highest BCUT2D eigenvalue weighted by Crippen LogP contribution is 2.18. The Labute approximate surface area is 139 Å². The third-order valence-electron chi connectivity index (χ3n) is 3.72. The number of aliphatic hydroxyl groups is 2. The van der Waals surface area contributed by atoms with Crippen molar-refractivity contribution in [1.29, 1.82) is 0 Å². The van der Waals surface area contributed by atoms with E-state index in [-0.39, 0.29) is 25.2 Å². The van der Waals surface area contributed by atoms with E-state index >= 15 is 0 Å². The predicted molar refractivity (Wildman–Crippen MR) is 86.8 cm³/mol. The van der Waals surface area contributed by atoms with E-state index in [1.165, 1.54) is 0 Å². The molecular weight excluding hydrogens is 300 g/mol. The monoisotopic (exact) mass is 332 g/mol. The quantitative estimate of drug-likeness (QED) is 0.374. The Balaban J connectivity index is 4.23. The van der Waals surface area contributed by atoms with Gasteiger partial charge in [0.05, 0.1) is 18.6 Å². The topological polar surface area (TPSA) is 93.1 Å². The molecule has 0 aromatic carbocycles. The van der Waals surface area contributed by atoms with Crippen molar-refractivity contribution in [2.45, 2.75) is 65.2 Å². The van der Waals surface area contributed by atoms with Crippen molar-refractivity contribution in [3.05, 3.63) is 0 Å². The van der Waals surface area contributed by atoms with Gasteiger partial charge < -0.3 is 19.7 Å². The highest BCUT2D eigenvalue weighted by molar-refractivity contribution is 5.69. The molecule has 0 aromatic rings. The highest BCUT2D eigenvalue weighted by Gasteiger charge is 2.32. The van der Waals surface area contributed by atoms with Crippen molar-refractivity contribution >= 4 is 11.9 Å². The van der Waals surface area contributed by atoms with Gasteiger partial charge in [-0.2, -0.15) is 0 Å². The number of esters is 2. The van der Waals surface area contributed by atoms with Crippen molar-refractivity contribution in [1.82, 2.24) is 0 Å². The van der Waals surface area contributed by atoms with Crippen LogP contribution in [0.5, 0.6) is 0 Å². The summed E-state index contributed by atoms with van der Waals surface area (Å²) in [5.41, 5.74) is -1.14. The zero-order valence-electron chi connectivity index (χ0n) is 14.5. The number of ether oxygens (including phenoxy) is 2. The minimum absolute atomic E-state index is 0.160. The van der Waals surface area contributed by atoms with Crippen molar-refractivity contribution in [3.63, 3.8) is 0 Å². The fourth-order valence-corrected chi connectivity index (χ4v) is 1.92.